The number of carbonyl (C=O) groups excluding carboxylic acids is 2. The Morgan fingerprint density at radius 2 is 1.92 bits per heavy atom. The van der Waals surface area contributed by atoms with Gasteiger partial charge in [-0.25, -0.2) is 9.18 Å². The van der Waals surface area contributed by atoms with Crippen molar-refractivity contribution in [2.24, 2.45) is 5.92 Å². The second kappa shape index (κ2) is 9.86. The Kier molecular flexibility index (Phi) is 6.76. The number of rotatable bonds is 5. The molecule has 0 saturated carbocycles. The van der Waals surface area contributed by atoms with Crippen LogP contribution in [0.5, 0.6) is 0 Å². The molecule has 2 N–H and O–H groups in total. The molecule has 5 rings (SSSR count). The molecule has 0 aliphatic carbocycles. The standard InChI is InChI=1S/C25H23ClF4N4O3/c26-16-4-5-17-15(13-31-19(17)12-16)8-11-33-9-6-14(7-10-33)22-32-23(35)21-18(27)2-1-3-20(21)34(22)37-24(36)25(28,29)30/h1-5,12-14,22,31H,6-11H2,(H,32,35). The van der Waals surface area contributed by atoms with Crippen LogP contribution in [-0.4, -0.2) is 53.7 Å². The lowest BCUT2D eigenvalue weighted by atomic mass is 9.91. The van der Waals surface area contributed by atoms with Gasteiger partial charge in [-0.15, -0.1) is 0 Å². The van der Waals surface area contributed by atoms with E-state index in [0.717, 1.165) is 35.5 Å². The van der Waals surface area contributed by atoms with Crippen LogP contribution < -0.4 is 10.4 Å². The fraction of sp³-hybridized carbons (Fsp3) is 0.360. The first-order valence-corrected chi connectivity index (χ1v) is 12.1. The number of H-pyrrole nitrogens is 1. The van der Waals surface area contributed by atoms with Gasteiger partial charge in [0.2, 0.25) is 0 Å². The van der Waals surface area contributed by atoms with Crippen LogP contribution in [0.3, 0.4) is 0 Å². The Bertz CT molecular complexity index is 1340. The number of nitrogens with zero attached hydrogens (tertiary/aromatic N) is 2. The largest absolute Gasteiger partial charge is 0.493 e. The number of nitrogens with one attached hydrogen (secondary N) is 2. The Balaban J connectivity index is 1.28. The molecule has 12 heteroatoms. The number of fused-ring (bicyclic) bond motifs is 2. The Hall–Kier alpha value is -3.31. The van der Waals surface area contributed by atoms with Crippen LogP contribution in [0.2, 0.25) is 5.02 Å². The second-order valence-corrected chi connectivity index (χ2v) is 9.62. The minimum Gasteiger partial charge on any atom is -0.361 e. The number of amides is 1. The third-order valence-electron chi connectivity index (χ3n) is 6.91. The van der Waals surface area contributed by atoms with E-state index in [2.05, 4.69) is 20.0 Å². The minimum absolute atomic E-state index is 0.215. The average Bonchev–Trinajstić information content (AvgIpc) is 3.25. The van der Waals surface area contributed by atoms with Gasteiger partial charge in [0.15, 0.2) is 0 Å². The zero-order valence-electron chi connectivity index (χ0n) is 19.4. The number of aromatic amines is 1. The lowest BCUT2D eigenvalue weighted by molar-refractivity contribution is -0.203. The fourth-order valence-corrected chi connectivity index (χ4v) is 5.20. The number of benzene rings is 2. The molecule has 0 radical (unpaired) electrons. The molecule has 2 aromatic carbocycles. The summed E-state index contributed by atoms with van der Waals surface area (Å²) >= 11 is 6.05. The summed E-state index contributed by atoms with van der Waals surface area (Å²) in [4.78, 5) is 34.5. The summed E-state index contributed by atoms with van der Waals surface area (Å²) in [7, 11) is 0. The average molecular weight is 539 g/mol. The van der Waals surface area contributed by atoms with Gasteiger partial charge in [0.1, 0.15) is 17.5 Å². The van der Waals surface area contributed by atoms with Crippen LogP contribution in [0.25, 0.3) is 10.9 Å². The highest BCUT2D eigenvalue weighted by Gasteiger charge is 2.47. The molecule has 1 fully saturated rings. The van der Waals surface area contributed by atoms with Crippen LogP contribution in [0.1, 0.15) is 28.8 Å². The van der Waals surface area contributed by atoms with Gasteiger partial charge in [0, 0.05) is 34.6 Å². The van der Waals surface area contributed by atoms with Crippen molar-refractivity contribution in [2.45, 2.75) is 31.6 Å². The maximum absolute atomic E-state index is 14.3. The van der Waals surface area contributed by atoms with Crippen molar-refractivity contribution in [3.63, 3.8) is 0 Å². The van der Waals surface area contributed by atoms with Crippen LogP contribution in [0.15, 0.2) is 42.6 Å². The zero-order valence-corrected chi connectivity index (χ0v) is 20.2. The fourth-order valence-electron chi connectivity index (χ4n) is 5.03. The number of anilines is 1. The number of piperidine rings is 1. The molecule has 0 bridgehead atoms. The molecule has 3 heterocycles. The Morgan fingerprint density at radius 3 is 2.65 bits per heavy atom. The van der Waals surface area contributed by atoms with E-state index < -0.39 is 35.6 Å². The van der Waals surface area contributed by atoms with Gasteiger partial charge in [-0.2, -0.15) is 18.2 Å². The van der Waals surface area contributed by atoms with Crippen molar-refractivity contribution >= 4 is 40.1 Å². The Labute approximate surface area is 214 Å². The van der Waals surface area contributed by atoms with E-state index in [1.807, 2.05) is 24.4 Å². The number of alkyl halides is 3. The van der Waals surface area contributed by atoms with Crippen molar-refractivity contribution in [1.29, 1.82) is 0 Å². The summed E-state index contributed by atoms with van der Waals surface area (Å²) in [6, 6.07) is 9.21. The molecular formula is C25H23ClF4N4O3. The van der Waals surface area contributed by atoms with E-state index in [-0.39, 0.29) is 11.6 Å². The number of halogens is 5. The highest BCUT2D eigenvalue weighted by Crippen LogP contribution is 2.35. The second-order valence-electron chi connectivity index (χ2n) is 9.19. The maximum atomic E-state index is 14.3. The number of aromatic nitrogens is 1. The monoisotopic (exact) mass is 538 g/mol. The molecule has 37 heavy (non-hydrogen) atoms. The van der Waals surface area contributed by atoms with E-state index in [9.17, 15) is 27.2 Å². The highest BCUT2D eigenvalue weighted by molar-refractivity contribution is 6.31. The summed E-state index contributed by atoms with van der Waals surface area (Å²) in [6.45, 7) is 2.02. The van der Waals surface area contributed by atoms with Gasteiger partial charge in [-0.05, 0) is 62.2 Å². The first kappa shape index (κ1) is 25.3. The predicted octanol–water partition coefficient (Wildman–Crippen LogP) is 4.81. The van der Waals surface area contributed by atoms with Gasteiger partial charge in [0.25, 0.3) is 5.91 Å². The number of hydroxylamine groups is 1. The molecule has 1 amide bonds. The van der Waals surface area contributed by atoms with E-state index in [1.165, 1.54) is 12.1 Å². The Morgan fingerprint density at radius 1 is 1.16 bits per heavy atom. The summed E-state index contributed by atoms with van der Waals surface area (Å²) in [5, 5.41) is 5.00. The molecule has 7 nitrogen and oxygen atoms in total. The molecule has 1 saturated heterocycles. The molecule has 2 aliphatic rings. The minimum atomic E-state index is -5.25. The maximum Gasteiger partial charge on any atom is 0.493 e. The van der Waals surface area contributed by atoms with Crippen molar-refractivity contribution < 1.29 is 32.0 Å². The lowest BCUT2D eigenvalue weighted by Gasteiger charge is -2.43. The van der Waals surface area contributed by atoms with Crippen molar-refractivity contribution in [3.05, 3.63) is 64.6 Å². The number of hydrogen-bond donors (Lipinski definition) is 2. The van der Waals surface area contributed by atoms with E-state index in [0.29, 0.717) is 36.0 Å². The van der Waals surface area contributed by atoms with Gasteiger partial charge >= 0.3 is 12.1 Å². The molecular weight excluding hydrogens is 516 g/mol. The van der Waals surface area contributed by atoms with Gasteiger partial charge in [-0.3, -0.25) is 4.79 Å². The van der Waals surface area contributed by atoms with Gasteiger partial charge in [-0.1, -0.05) is 23.7 Å². The van der Waals surface area contributed by atoms with Crippen molar-refractivity contribution in [1.82, 2.24) is 15.2 Å². The molecule has 2 aliphatic heterocycles. The zero-order chi connectivity index (χ0) is 26.3. The van der Waals surface area contributed by atoms with E-state index >= 15 is 0 Å². The molecule has 3 aromatic rings. The summed E-state index contributed by atoms with van der Waals surface area (Å²) in [6.07, 6.45) is -2.52. The number of hydrogen-bond acceptors (Lipinski definition) is 5. The van der Waals surface area contributed by atoms with E-state index in [1.54, 1.807) is 0 Å². The molecule has 196 valence electrons. The van der Waals surface area contributed by atoms with Crippen LogP contribution >= 0.6 is 11.6 Å². The highest BCUT2D eigenvalue weighted by atomic mass is 35.5. The topological polar surface area (TPSA) is 77.7 Å². The summed E-state index contributed by atoms with van der Waals surface area (Å²) in [5.41, 5.74) is 1.43. The van der Waals surface area contributed by atoms with Gasteiger partial charge < -0.3 is 20.0 Å². The van der Waals surface area contributed by atoms with Gasteiger partial charge in [0.05, 0.1) is 5.69 Å². The van der Waals surface area contributed by atoms with Crippen LogP contribution in [0.4, 0.5) is 23.2 Å². The smallest absolute Gasteiger partial charge is 0.361 e. The van der Waals surface area contributed by atoms with E-state index in [4.69, 9.17) is 11.6 Å². The SMILES string of the molecule is O=C1NC(C2CCN(CCc3c[nH]c4cc(Cl)ccc34)CC2)N(OC(=O)C(F)(F)F)c2cccc(F)c21. The summed E-state index contributed by atoms with van der Waals surface area (Å²) in [5.74, 6) is -4.45. The summed E-state index contributed by atoms with van der Waals surface area (Å²) < 4.78 is 53.3. The predicted molar refractivity (Wildman–Crippen MR) is 128 cm³/mol. The third kappa shape index (κ3) is 5.10. The van der Waals surface area contributed by atoms with Crippen LogP contribution in [-0.2, 0) is 16.1 Å². The molecule has 0 spiro atoms. The van der Waals surface area contributed by atoms with Crippen LogP contribution in [0, 0.1) is 11.7 Å². The molecule has 1 atom stereocenters. The number of carbonyl (C=O) groups is 2. The number of likely N-dealkylation sites (tertiary alicyclic amines) is 1. The quantitative estimate of drug-likeness (QED) is 0.456. The lowest BCUT2D eigenvalue weighted by Crippen LogP contribution is -2.59. The first-order chi connectivity index (χ1) is 17.6. The molecule has 1 aromatic heterocycles. The first-order valence-electron chi connectivity index (χ1n) is 11.8. The third-order valence-corrected chi connectivity index (χ3v) is 7.14. The van der Waals surface area contributed by atoms with Crippen molar-refractivity contribution in [3.8, 4) is 0 Å². The molecule has 1 unspecified atom stereocenters. The normalized spacial score (nSPS) is 19.1. The van der Waals surface area contributed by atoms with Crippen molar-refractivity contribution in [2.75, 3.05) is 24.7 Å².